The Morgan fingerprint density at radius 1 is 1.07 bits per heavy atom. The summed E-state index contributed by atoms with van der Waals surface area (Å²) in [4.78, 5) is 38.4. The monoisotopic (exact) mass is 405 g/mol. The molecule has 2 N–H and O–H groups in total. The zero-order valence-corrected chi connectivity index (χ0v) is 15.4. The van der Waals surface area contributed by atoms with Crippen LogP contribution in [0.4, 0.5) is 23.7 Å². The van der Waals surface area contributed by atoms with Crippen molar-refractivity contribution in [1.29, 1.82) is 0 Å². The van der Waals surface area contributed by atoms with E-state index in [4.69, 9.17) is 0 Å². The third kappa shape index (κ3) is 3.94. The normalized spacial score (nSPS) is 19.2. The molecule has 1 atom stereocenters. The third-order valence-electron chi connectivity index (χ3n) is 4.77. The molecule has 1 fully saturated rings. The second-order valence-electron chi connectivity index (χ2n) is 6.57. The number of carbonyl (C=O) groups excluding carboxylic acids is 3. The number of rotatable bonds is 5. The smallest absolute Gasteiger partial charge is 0.325 e. The van der Waals surface area contributed by atoms with Crippen molar-refractivity contribution in [2.24, 2.45) is 0 Å². The molecular formula is C20H18F3N3O3. The number of anilines is 1. The lowest BCUT2D eigenvalue weighted by Gasteiger charge is -2.25. The topological polar surface area (TPSA) is 78.5 Å². The second kappa shape index (κ2) is 7.57. The van der Waals surface area contributed by atoms with Crippen LogP contribution in [0.1, 0.15) is 24.5 Å². The molecule has 1 saturated heterocycles. The molecule has 1 aliphatic rings. The van der Waals surface area contributed by atoms with E-state index in [0.29, 0.717) is 12.0 Å². The molecule has 0 aromatic heterocycles. The van der Waals surface area contributed by atoms with E-state index in [-0.39, 0.29) is 5.69 Å². The van der Waals surface area contributed by atoms with Gasteiger partial charge in [0.2, 0.25) is 5.91 Å². The van der Waals surface area contributed by atoms with E-state index < -0.39 is 41.7 Å². The van der Waals surface area contributed by atoms with Crippen LogP contribution in [0.5, 0.6) is 0 Å². The van der Waals surface area contributed by atoms with Crippen molar-refractivity contribution in [3.05, 3.63) is 65.7 Å². The van der Waals surface area contributed by atoms with Gasteiger partial charge in [-0.2, -0.15) is 13.2 Å². The Bertz CT molecular complexity index is 929. The fraction of sp³-hybridized carbons (Fsp3) is 0.250. The van der Waals surface area contributed by atoms with Gasteiger partial charge in [0.25, 0.3) is 5.91 Å². The van der Waals surface area contributed by atoms with Crippen molar-refractivity contribution in [2.45, 2.75) is 25.1 Å². The first-order chi connectivity index (χ1) is 13.7. The van der Waals surface area contributed by atoms with Crippen molar-refractivity contribution in [3.63, 3.8) is 0 Å². The number of benzene rings is 2. The van der Waals surface area contributed by atoms with Crippen LogP contribution in [0.15, 0.2) is 54.6 Å². The standard InChI is InChI=1S/C20H18F3N3O3/c1-2-19(13-6-4-3-5-7-13)17(28)26(18(29)25-19)12-16(27)24-15-10-8-14(9-11-15)20(21,22)23/h3-11H,2,12H2,1H3,(H,24,27)(H,25,29). The Balaban J connectivity index is 1.72. The Labute approximate surface area is 164 Å². The summed E-state index contributed by atoms with van der Waals surface area (Å²) in [6.07, 6.45) is -4.19. The first-order valence-electron chi connectivity index (χ1n) is 8.84. The predicted octanol–water partition coefficient (Wildman–Crippen LogP) is 3.50. The van der Waals surface area contributed by atoms with E-state index in [1.807, 2.05) is 0 Å². The van der Waals surface area contributed by atoms with Crippen LogP contribution >= 0.6 is 0 Å². The summed E-state index contributed by atoms with van der Waals surface area (Å²) < 4.78 is 37.8. The van der Waals surface area contributed by atoms with Gasteiger partial charge in [-0.25, -0.2) is 4.79 Å². The molecule has 6 nitrogen and oxygen atoms in total. The minimum atomic E-state index is -4.48. The molecule has 0 spiro atoms. The number of carbonyl (C=O) groups is 3. The molecule has 152 valence electrons. The molecule has 1 unspecified atom stereocenters. The number of hydrogen-bond acceptors (Lipinski definition) is 3. The average Bonchev–Trinajstić information content (AvgIpc) is 2.93. The van der Waals surface area contributed by atoms with E-state index in [1.165, 1.54) is 0 Å². The Hall–Kier alpha value is -3.36. The number of nitrogens with zero attached hydrogens (tertiary/aromatic N) is 1. The first-order valence-corrected chi connectivity index (χ1v) is 8.84. The van der Waals surface area contributed by atoms with Crippen LogP contribution in [0.2, 0.25) is 0 Å². The summed E-state index contributed by atoms with van der Waals surface area (Å²) >= 11 is 0. The lowest BCUT2D eigenvalue weighted by atomic mass is 9.87. The van der Waals surface area contributed by atoms with E-state index in [1.54, 1.807) is 37.3 Å². The van der Waals surface area contributed by atoms with Gasteiger partial charge in [-0.05, 0) is 36.2 Å². The van der Waals surface area contributed by atoms with Crippen LogP contribution in [0, 0.1) is 0 Å². The molecule has 9 heteroatoms. The zero-order valence-electron chi connectivity index (χ0n) is 15.4. The van der Waals surface area contributed by atoms with Gasteiger partial charge in [0.05, 0.1) is 5.56 Å². The predicted molar refractivity (Wildman–Crippen MR) is 98.7 cm³/mol. The van der Waals surface area contributed by atoms with Crippen molar-refractivity contribution >= 4 is 23.5 Å². The van der Waals surface area contributed by atoms with Gasteiger partial charge in [0.1, 0.15) is 12.1 Å². The molecule has 2 aromatic carbocycles. The summed E-state index contributed by atoms with van der Waals surface area (Å²) in [7, 11) is 0. The lowest BCUT2D eigenvalue weighted by Crippen LogP contribution is -2.44. The van der Waals surface area contributed by atoms with Crippen LogP contribution in [-0.2, 0) is 21.3 Å². The van der Waals surface area contributed by atoms with Crippen LogP contribution in [0.25, 0.3) is 0 Å². The highest BCUT2D eigenvalue weighted by molar-refractivity contribution is 6.10. The number of nitrogens with one attached hydrogen (secondary N) is 2. The number of alkyl halides is 3. The maximum absolute atomic E-state index is 12.9. The maximum atomic E-state index is 12.9. The SMILES string of the molecule is CCC1(c2ccccc2)NC(=O)N(CC(=O)Nc2ccc(C(F)(F)F)cc2)C1=O. The minimum Gasteiger partial charge on any atom is -0.325 e. The average molecular weight is 405 g/mol. The Morgan fingerprint density at radius 2 is 1.69 bits per heavy atom. The van der Waals surface area contributed by atoms with Gasteiger partial charge in [-0.3, -0.25) is 14.5 Å². The Kier molecular flexibility index (Phi) is 5.32. The summed E-state index contributed by atoms with van der Waals surface area (Å²) in [6.45, 7) is 1.19. The molecule has 1 aliphatic heterocycles. The number of halogens is 3. The van der Waals surface area contributed by atoms with Crippen LogP contribution < -0.4 is 10.6 Å². The van der Waals surface area contributed by atoms with Gasteiger partial charge in [0, 0.05) is 5.69 Å². The maximum Gasteiger partial charge on any atom is 0.416 e. The number of amides is 4. The molecule has 0 bridgehead atoms. The highest BCUT2D eigenvalue weighted by Crippen LogP contribution is 2.32. The van der Waals surface area contributed by atoms with Crippen LogP contribution in [-0.4, -0.2) is 29.3 Å². The van der Waals surface area contributed by atoms with Gasteiger partial charge in [-0.1, -0.05) is 37.3 Å². The molecule has 4 amide bonds. The first kappa shape index (κ1) is 20.4. The van der Waals surface area contributed by atoms with E-state index in [9.17, 15) is 27.6 Å². The largest absolute Gasteiger partial charge is 0.416 e. The number of imide groups is 1. The quantitative estimate of drug-likeness (QED) is 0.748. The Morgan fingerprint density at radius 3 is 2.24 bits per heavy atom. The fourth-order valence-corrected chi connectivity index (χ4v) is 3.22. The molecule has 0 aliphatic carbocycles. The van der Waals surface area contributed by atoms with Gasteiger partial charge < -0.3 is 10.6 Å². The molecule has 1 heterocycles. The van der Waals surface area contributed by atoms with Crippen molar-refractivity contribution < 1.29 is 27.6 Å². The minimum absolute atomic E-state index is 0.125. The van der Waals surface area contributed by atoms with E-state index in [0.717, 1.165) is 29.2 Å². The summed E-state index contributed by atoms with van der Waals surface area (Å²) in [5.41, 5.74) is -1.38. The highest BCUT2D eigenvalue weighted by Gasteiger charge is 2.51. The number of hydrogen-bond donors (Lipinski definition) is 2. The molecular weight excluding hydrogens is 387 g/mol. The zero-order chi connectivity index (χ0) is 21.2. The van der Waals surface area contributed by atoms with Crippen molar-refractivity contribution in [1.82, 2.24) is 10.2 Å². The molecule has 3 rings (SSSR count). The van der Waals surface area contributed by atoms with Gasteiger partial charge in [-0.15, -0.1) is 0 Å². The third-order valence-corrected chi connectivity index (χ3v) is 4.77. The number of urea groups is 1. The van der Waals surface area contributed by atoms with E-state index in [2.05, 4.69) is 10.6 Å². The van der Waals surface area contributed by atoms with Crippen molar-refractivity contribution in [3.8, 4) is 0 Å². The highest BCUT2D eigenvalue weighted by atomic mass is 19.4. The van der Waals surface area contributed by atoms with Crippen molar-refractivity contribution in [2.75, 3.05) is 11.9 Å². The molecule has 0 saturated carbocycles. The fourth-order valence-electron chi connectivity index (χ4n) is 3.22. The summed E-state index contributed by atoms with van der Waals surface area (Å²) in [6, 6.07) is 11.9. The molecule has 29 heavy (non-hydrogen) atoms. The van der Waals surface area contributed by atoms with Gasteiger partial charge in [0.15, 0.2) is 0 Å². The second-order valence-corrected chi connectivity index (χ2v) is 6.57. The van der Waals surface area contributed by atoms with E-state index >= 15 is 0 Å². The lowest BCUT2D eigenvalue weighted by molar-refractivity contribution is -0.137. The van der Waals surface area contributed by atoms with Gasteiger partial charge >= 0.3 is 12.2 Å². The van der Waals surface area contributed by atoms with Crippen LogP contribution in [0.3, 0.4) is 0 Å². The summed E-state index contributed by atoms with van der Waals surface area (Å²) in [5.74, 6) is -1.26. The molecule has 2 aromatic rings. The molecule has 0 radical (unpaired) electrons. The summed E-state index contributed by atoms with van der Waals surface area (Å²) in [5, 5.41) is 5.05.